The third kappa shape index (κ3) is 64.4. The first kappa shape index (κ1) is 85.2. The van der Waals surface area contributed by atoms with Gasteiger partial charge >= 0.3 is 118 Å². The summed E-state index contributed by atoms with van der Waals surface area (Å²) in [5, 5.41) is 0. The number of unbranched alkanes of at least 4 members (excludes halogenated alkanes) is 27. The molecule has 0 aromatic heterocycles. The van der Waals surface area contributed by atoms with Crippen LogP contribution < -0.4 is 118 Å². The van der Waals surface area contributed by atoms with Crippen LogP contribution in [0.1, 0.15) is 213 Å². The Morgan fingerprint density at radius 1 is 0.301 bits per heavy atom. The average Bonchev–Trinajstić information content (AvgIpc) is 3.23. The third-order valence-electron chi connectivity index (χ3n) is 12.1. The van der Waals surface area contributed by atoms with Crippen molar-refractivity contribution in [1.82, 2.24) is 14.7 Å². The van der Waals surface area contributed by atoms with Crippen molar-refractivity contribution in [2.45, 2.75) is 226 Å². The monoisotopic (exact) mass is 1160 g/mol. The Bertz CT molecular complexity index is 1560. The Kier molecular flexibility index (Phi) is 63.7. The molecule has 19 nitrogen and oxygen atoms in total. The minimum Gasteiger partial charge on any atom is -0.726 e. The van der Waals surface area contributed by atoms with Crippen molar-refractivity contribution in [2.24, 2.45) is 0 Å². The van der Waals surface area contributed by atoms with Crippen LogP contribution in [-0.2, 0) is 58.3 Å². The van der Waals surface area contributed by atoms with E-state index in [0.717, 1.165) is 103 Å². The molecule has 0 saturated carbocycles. The second-order valence-electron chi connectivity index (χ2n) is 18.6. The molecule has 0 saturated heterocycles. The van der Waals surface area contributed by atoms with Crippen LogP contribution in [0.25, 0.3) is 0 Å². The van der Waals surface area contributed by atoms with Crippen molar-refractivity contribution in [3.63, 3.8) is 0 Å². The van der Waals surface area contributed by atoms with Gasteiger partial charge in [-0.1, -0.05) is 194 Å². The second kappa shape index (κ2) is 54.6. The first-order valence-electron chi connectivity index (χ1n) is 26.3. The van der Waals surface area contributed by atoms with Crippen LogP contribution in [-0.4, -0.2) is 151 Å². The van der Waals surface area contributed by atoms with E-state index in [1.165, 1.54) is 70.6 Å². The van der Waals surface area contributed by atoms with Crippen LogP contribution in [0.15, 0.2) is 0 Å². The molecule has 73 heavy (non-hydrogen) atoms. The average molecular weight is 1160 g/mol. The van der Waals surface area contributed by atoms with Gasteiger partial charge in [-0.05, 0) is 38.9 Å². The smallest absolute Gasteiger partial charge is 0.726 e. The van der Waals surface area contributed by atoms with Crippen molar-refractivity contribution in [2.75, 3.05) is 72.1 Å². The van der Waals surface area contributed by atoms with E-state index in [1.807, 2.05) is 0 Å². The zero-order valence-electron chi connectivity index (χ0n) is 46.7. The molecule has 27 heteroatoms. The van der Waals surface area contributed by atoms with Gasteiger partial charge in [-0.3, -0.25) is 31.4 Å². The van der Waals surface area contributed by atoms with Gasteiger partial charge < -0.3 is 18.2 Å². The maximum Gasteiger partial charge on any atom is 1.00 e. The summed E-state index contributed by atoms with van der Waals surface area (Å²) in [4.78, 5) is 4.96. The van der Waals surface area contributed by atoms with Crippen molar-refractivity contribution in [3.8, 4) is 0 Å². The predicted molar refractivity (Wildman–Crippen MR) is 265 cm³/mol. The summed E-state index contributed by atoms with van der Waals surface area (Å²) in [6, 6.07) is 0. The fourth-order valence-corrected chi connectivity index (χ4v) is 10.0. The van der Waals surface area contributed by atoms with Crippen LogP contribution in [0.2, 0.25) is 0 Å². The van der Waals surface area contributed by atoms with Crippen molar-refractivity contribution in [3.05, 3.63) is 0 Å². The topological polar surface area (TPSA) is 275 Å². The van der Waals surface area contributed by atoms with Crippen molar-refractivity contribution in [1.29, 1.82) is 0 Å². The van der Waals surface area contributed by atoms with E-state index in [1.54, 1.807) is 14.7 Å². The summed E-state index contributed by atoms with van der Waals surface area (Å²) in [6.45, 7) is 5.14. The van der Waals surface area contributed by atoms with Gasteiger partial charge in [0.1, 0.15) is 12.2 Å². The predicted octanol–water partition coefficient (Wildman–Crippen LogP) is -3.68. The third-order valence-corrected chi connectivity index (χ3v) is 14.0. The molecule has 416 valence electrons. The molecule has 0 radical (unpaired) electrons. The van der Waals surface area contributed by atoms with E-state index < -0.39 is 67.0 Å². The molecule has 0 bridgehead atoms. The molecule has 0 spiro atoms. The molecule has 0 aliphatic heterocycles. The van der Waals surface area contributed by atoms with Gasteiger partial charge in [0.15, 0.2) is 0 Å². The maximum absolute atomic E-state index is 12.2. The Hall–Kier alpha value is 3.36. The van der Waals surface area contributed by atoms with Gasteiger partial charge in [0.25, 0.3) is 0 Å². The van der Waals surface area contributed by atoms with E-state index in [9.17, 15) is 51.9 Å². The summed E-state index contributed by atoms with van der Waals surface area (Å²) < 4.78 is 160. The van der Waals surface area contributed by atoms with Gasteiger partial charge in [-0.15, -0.1) is 0 Å². The Morgan fingerprint density at radius 3 is 0.726 bits per heavy atom. The molecule has 0 aromatic carbocycles. The first-order valence-corrected chi connectivity index (χ1v) is 31.6. The normalized spacial score (nSPS) is 13.1. The van der Waals surface area contributed by atoms with Gasteiger partial charge in [0.05, 0.1) is 13.2 Å². The van der Waals surface area contributed by atoms with Crippen LogP contribution in [0, 0.1) is 0 Å². The van der Waals surface area contributed by atoms with Gasteiger partial charge in [0.2, 0.25) is 41.6 Å². The molecule has 0 N–H and O–H groups in total. The molecule has 2 atom stereocenters. The molecule has 0 fully saturated rings. The molecule has 2 unspecified atom stereocenters. The molecule has 0 amide bonds. The molecule has 0 aliphatic carbocycles. The van der Waals surface area contributed by atoms with Crippen molar-refractivity contribution < 1.29 is 187 Å². The number of hydrogen-bond acceptors (Lipinski definition) is 19. The minimum atomic E-state index is -5.32. The second-order valence-corrected chi connectivity index (χ2v) is 22.7. The fraction of sp³-hybridized carbons (Fsp3) is 1.00. The van der Waals surface area contributed by atoms with E-state index in [0.29, 0.717) is 32.4 Å². The van der Waals surface area contributed by atoms with Crippen LogP contribution in [0.4, 0.5) is 0 Å². The maximum atomic E-state index is 12.2. The van der Waals surface area contributed by atoms with E-state index in [2.05, 4.69) is 29.1 Å². The SMILES string of the molecule is CCCCCCCCCCCCN(CCOS(=O)(=O)[O-])CC(CN(CCCCCCCCCCCC)CC(CN(CCCCCCCCCCCC)CCOS(=O)(=O)[O-])OS(=O)(=O)[O-])OS(=O)(=O)[O-].[Na+].[Na+].[Na+].[Na+]. The zero-order valence-corrected chi connectivity index (χ0v) is 57.9. The molecule has 0 rings (SSSR count). The Labute approximate surface area is 534 Å². The van der Waals surface area contributed by atoms with Gasteiger partial charge in [-0.2, -0.15) is 0 Å². The summed E-state index contributed by atoms with van der Waals surface area (Å²) in [5.41, 5.74) is 0. The van der Waals surface area contributed by atoms with Gasteiger partial charge in [0, 0.05) is 39.3 Å². The summed E-state index contributed by atoms with van der Waals surface area (Å²) in [7, 11) is -20.7. The van der Waals surface area contributed by atoms with Gasteiger partial charge in [-0.25, -0.2) is 33.7 Å². The van der Waals surface area contributed by atoms with Crippen LogP contribution in [0.5, 0.6) is 0 Å². The fourth-order valence-electron chi connectivity index (χ4n) is 8.57. The Morgan fingerprint density at radius 2 is 0.507 bits per heavy atom. The van der Waals surface area contributed by atoms with E-state index in [4.69, 9.17) is 8.37 Å². The van der Waals surface area contributed by atoms with E-state index in [-0.39, 0.29) is 164 Å². The standard InChI is InChI=1S/C46H97N3O16S4.4Na/c1-4-7-10-13-16-19-22-25-28-31-34-47(37-39-62-66(50,51)52)41-45(64-68(56,57)58)43-49(36-33-30-27-24-21-18-15-12-9-6-3)44-46(65-69(59,60)61)42-48(38-40-63-67(53,54)55)35-32-29-26-23-20-17-14-11-8-5-2;;;;/h45-46H,4-44H2,1-3H3,(H,50,51,52)(H,53,54,55)(H,56,57,58)(H,59,60,61);;;;/q;4*+1/p-4. The Balaban J connectivity index is -0.00000385. The molecule has 0 aromatic rings. The minimum absolute atomic E-state index is 0. The molecular weight excluding hydrogens is 1070 g/mol. The van der Waals surface area contributed by atoms with E-state index >= 15 is 0 Å². The molecule has 0 aliphatic rings. The number of hydrogen-bond donors (Lipinski definition) is 0. The summed E-state index contributed by atoms with van der Waals surface area (Å²) in [5.74, 6) is 0. The number of rotatable bonds is 53. The summed E-state index contributed by atoms with van der Waals surface area (Å²) in [6.07, 6.45) is 28.3. The first-order chi connectivity index (χ1) is 32.7. The zero-order chi connectivity index (χ0) is 51.7. The van der Waals surface area contributed by atoms with Crippen molar-refractivity contribution >= 4 is 41.6 Å². The number of nitrogens with zero attached hydrogens (tertiary/aromatic N) is 3. The molecule has 0 heterocycles. The summed E-state index contributed by atoms with van der Waals surface area (Å²) >= 11 is 0. The molecular formula is C46H93N3Na4O16S4. The van der Waals surface area contributed by atoms with Crippen LogP contribution >= 0.6 is 0 Å². The quantitative estimate of drug-likeness (QED) is 0.0245. The largest absolute Gasteiger partial charge is 1.00 e. The van der Waals surface area contributed by atoms with Crippen LogP contribution in [0.3, 0.4) is 0 Å².